The number of amides is 1. The molecule has 1 amide bonds. The molecule has 6 heteroatoms. The van der Waals surface area contributed by atoms with Gasteiger partial charge in [-0.05, 0) is 30.7 Å². The lowest BCUT2D eigenvalue weighted by molar-refractivity contribution is -0.123. The summed E-state index contributed by atoms with van der Waals surface area (Å²) in [5, 5.41) is 2.92. The average molecular weight is 426 g/mol. The second kappa shape index (κ2) is 10.5. The molecular formula is C25H35N3O3. The van der Waals surface area contributed by atoms with Crippen LogP contribution in [-0.4, -0.2) is 57.2 Å². The number of carbonyl (C=O) groups is 1. The van der Waals surface area contributed by atoms with Gasteiger partial charge in [-0.3, -0.25) is 9.69 Å². The Morgan fingerprint density at radius 3 is 2.35 bits per heavy atom. The third-order valence-corrected chi connectivity index (χ3v) is 5.47. The summed E-state index contributed by atoms with van der Waals surface area (Å²) in [5.41, 5.74) is 1.56. The van der Waals surface area contributed by atoms with Gasteiger partial charge >= 0.3 is 0 Å². The molecular weight excluding hydrogens is 390 g/mol. The van der Waals surface area contributed by atoms with Crippen molar-refractivity contribution in [1.29, 1.82) is 0 Å². The summed E-state index contributed by atoms with van der Waals surface area (Å²) >= 11 is 0. The predicted octanol–water partition coefficient (Wildman–Crippen LogP) is 4.27. The van der Waals surface area contributed by atoms with Crippen LogP contribution in [0, 0.1) is 5.41 Å². The van der Waals surface area contributed by atoms with Crippen molar-refractivity contribution in [1.82, 2.24) is 4.90 Å². The summed E-state index contributed by atoms with van der Waals surface area (Å²) in [6.45, 7) is 11.6. The first-order valence-electron chi connectivity index (χ1n) is 11.0. The Balaban J connectivity index is 1.42. The first-order chi connectivity index (χ1) is 14.9. The zero-order valence-corrected chi connectivity index (χ0v) is 19.2. The maximum Gasteiger partial charge on any atom is 0.229 e. The normalized spacial score (nSPS) is 14.9. The Bertz CT molecular complexity index is 841. The van der Waals surface area contributed by atoms with Crippen molar-refractivity contribution in [2.75, 3.05) is 56.7 Å². The fraction of sp³-hybridized carbons (Fsp3) is 0.480. The van der Waals surface area contributed by atoms with E-state index in [1.165, 1.54) is 5.69 Å². The molecule has 0 spiro atoms. The SMILES string of the molecule is COc1cc(NC(=O)C(C)(C)C)ccc1OCCCN1CCN(c2ccccc2)CC1. The molecule has 1 fully saturated rings. The molecule has 168 valence electrons. The first-order valence-corrected chi connectivity index (χ1v) is 11.0. The minimum absolute atomic E-state index is 0.0319. The minimum atomic E-state index is -0.449. The third kappa shape index (κ3) is 6.62. The Labute approximate surface area is 186 Å². The molecule has 6 nitrogen and oxygen atoms in total. The number of benzene rings is 2. The summed E-state index contributed by atoms with van der Waals surface area (Å²) in [6, 6.07) is 16.1. The van der Waals surface area contributed by atoms with E-state index in [1.54, 1.807) is 7.11 Å². The highest BCUT2D eigenvalue weighted by Gasteiger charge is 2.21. The molecule has 1 saturated heterocycles. The number of nitrogens with zero attached hydrogens (tertiary/aromatic N) is 2. The van der Waals surface area contributed by atoms with Gasteiger partial charge in [-0.2, -0.15) is 0 Å². The number of para-hydroxylation sites is 1. The van der Waals surface area contributed by atoms with Crippen LogP contribution in [0.5, 0.6) is 11.5 Å². The Kier molecular flexibility index (Phi) is 7.80. The molecule has 0 aromatic heterocycles. The zero-order valence-electron chi connectivity index (χ0n) is 19.2. The van der Waals surface area contributed by atoms with Crippen LogP contribution in [0.3, 0.4) is 0 Å². The first kappa shape index (κ1) is 22.9. The number of carbonyl (C=O) groups excluding carboxylic acids is 1. The standard InChI is InChI=1S/C25H35N3O3/c1-25(2,3)24(29)26-20-11-12-22(23(19-20)30-4)31-18-8-13-27-14-16-28(17-15-27)21-9-6-5-7-10-21/h5-7,9-12,19H,8,13-18H2,1-4H3,(H,26,29). The van der Waals surface area contributed by atoms with Gasteiger partial charge in [0.25, 0.3) is 0 Å². The highest BCUT2D eigenvalue weighted by molar-refractivity contribution is 5.94. The quantitative estimate of drug-likeness (QED) is 0.640. The van der Waals surface area contributed by atoms with Gasteiger partial charge < -0.3 is 19.7 Å². The Morgan fingerprint density at radius 1 is 1.00 bits per heavy atom. The fourth-order valence-electron chi connectivity index (χ4n) is 3.52. The number of hydrogen-bond acceptors (Lipinski definition) is 5. The van der Waals surface area contributed by atoms with Crippen LogP contribution in [0.25, 0.3) is 0 Å². The molecule has 2 aromatic carbocycles. The predicted molar refractivity (Wildman–Crippen MR) is 126 cm³/mol. The van der Waals surface area contributed by atoms with E-state index in [0.717, 1.165) is 39.1 Å². The van der Waals surface area contributed by atoms with Gasteiger partial charge in [-0.1, -0.05) is 39.0 Å². The van der Waals surface area contributed by atoms with E-state index in [2.05, 4.69) is 45.4 Å². The van der Waals surface area contributed by atoms with Crippen molar-refractivity contribution in [3.63, 3.8) is 0 Å². The topological polar surface area (TPSA) is 54.0 Å². The molecule has 2 aromatic rings. The van der Waals surface area contributed by atoms with Gasteiger partial charge in [-0.15, -0.1) is 0 Å². The van der Waals surface area contributed by atoms with E-state index >= 15 is 0 Å². The van der Waals surface area contributed by atoms with E-state index in [4.69, 9.17) is 9.47 Å². The number of anilines is 2. The van der Waals surface area contributed by atoms with Crippen LogP contribution in [0.15, 0.2) is 48.5 Å². The Hall–Kier alpha value is -2.73. The summed E-state index contributed by atoms with van der Waals surface area (Å²) in [7, 11) is 1.61. The lowest BCUT2D eigenvalue weighted by Crippen LogP contribution is -2.46. The maximum absolute atomic E-state index is 12.2. The fourth-order valence-corrected chi connectivity index (χ4v) is 3.52. The maximum atomic E-state index is 12.2. The Morgan fingerprint density at radius 2 is 1.71 bits per heavy atom. The second-order valence-electron chi connectivity index (χ2n) is 8.94. The molecule has 0 unspecified atom stereocenters. The van der Waals surface area contributed by atoms with Gasteiger partial charge in [0.1, 0.15) is 0 Å². The highest BCUT2D eigenvalue weighted by atomic mass is 16.5. The highest BCUT2D eigenvalue weighted by Crippen LogP contribution is 2.31. The number of piperazine rings is 1. The molecule has 3 rings (SSSR count). The molecule has 1 aliphatic rings. The molecule has 1 N–H and O–H groups in total. The molecule has 0 aliphatic carbocycles. The van der Waals surface area contributed by atoms with Gasteiger partial charge in [0.2, 0.25) is 5.91 Å². The second-order valence-corrected chi connectivity index (χ2v) is 8.94. The van der Waals surface area contributed by atoms with E-state index in [0.29, 0.717) is 23.8 Å². The molecule has 0 radical (unpaired) electrons. The van der Waals surface area contributed by atoms with E-state index in [1.807, 2.05) is 39.0 Å². The van der Waals surface area contributed by atoms with Crippen LogP contribution < -0.4 is 19.7 Å². The van der Waals surface area contributed by atoms with E-state index in [-0.39, 0.29) is 5.91 Å². The minimum Gasteiger partial charge on any atom is -0.493 e. The lowest BCUT2D eigenvalue weighted by Gasteiger charge is -2.36. The van der Waals surface area contributed by atoms with Crippen LogP contribution in [0.1, 0.15) is 27.2 Å². The zero-order chi connectivity index (χ0) is 22.3. The largest absolute Gasteiger partial charge is 0.493 e. The molecule has 1 aliphatic heterocycles. The number of hydrogen-bond donors (Lipinski definition) is 1. The van der Waals surface area contributed by atoms with Gasteiger partial charge in [0.05, 0.1) is 13.7 Å². The number of ether oxygens (including phenoxy) is 2. The molecule has 0 bridgehead atoms. The summed E-state index contributed by atoms with van der Waals surface area (Å²) in [5.74, 6) is 1.30. The van der Waals surface area contributed by atoms with Gasteiger partial charge in [-0.25, -0.2) is 0 Å². The average Bonchev–Trinajstić information content (AvgIpc) is 2.77. The van der Waals surface area contributed by atoms with Crippen LogP contribution in [-0.2, 0) is 4.79 Å². The van der Waals surface area contributed by atoms with Crippen LogP contribution >= 0.6 is 0 Å². The van der Waals surface area contributed by atoms with Crippen molar-refractivity contribution in [2.45, 2.75) is 27.2 Å². The molecule has 0 atom stereocenters. The van der Waals surface area contributed by atoms with Crippen molar-refractivity contribution < 1.29 is 14.3 Å². The van der Waals surface area contributed by atoms with Crippen molar-refractivity contribution in [2.24, 2.45) is 5.41 Å². The molecule has 31 heavy (non-hydrogen) atoms. The van der Waals surface area contributed by atoms with Gasteiger partial charge in [0.15, 0.2) is 11.5 Å². The third-order valence-electron chi connectivity index (χ3n) is 5.47. The number of rotatable bonds is 8. The summed E-state index contributed by atoms with van der Waals surface area (Å²) in [6.07, 6.45) is 0.955. The molecule has 1 heterocycles. The van der Waals surface area contributed by atoms with Crippen molar-refractivity contribution in [3.05, 3.63) is 48.5 Å². The summed E-state index contributed by atoms with van der Waals surface area (Å²) in [4.78, 5) is 17.1. The van der Waals surface area contributed by atoms with Crippen LogP contribution in [0.4, 0.5) is 11.4 Å². The molecule has 0 saturated carbocycles. The van der Waals surface area contributed by atoms with Gasteiger partial charge in [0, 0.05) is 55.6 Å². The van der Waals surface area contributed by atoms with E-state index in [9.17, 15) is 4.79 Å². The lowest BCUT2D eigenvalue weighted by atomic mass is 9.95. The number of nitrogens with one attached hydrogen (secondary N) is 1. The monoisotopic (exact) mass is 425 g/mol. The number of methoxy groups -OCH3 is 1. The van der Waals surface area contributed by atoms with Crippen LogP contribution in [0.2, 0.25) is 0 Å². The van der Waals surface area contributed by atoms with Crippen molar-refractivity contribution >= 4 is 17.3 Å². The van der Waals surface area contributed by atoms with Crippen molar-refractivity contribution in [3.8, 4) is 11.5 Å². The summed E-state index contributed by atoms with van der Waals surface area (Å²) < 4.78 is 11.4. The van der Waals surface area contributed by atoms with E-state index < -0.39 is 5.41 Å². The smallest absolute Gasteiger partial charge is 0.229 e.